The molecule has 2 fully saturated rings. The predicted molar refractivity (Wildman–Crippen MR) is 95.1 cm³/mol. The molecule has 2 aliphatic heterocycles. The number of ether oxygens (including phenoxy) is 1. The van der Waals surface area contributed by atoms with Crippen molar-refractivity contribution in [2.45, 2.75) is 31.8 Å². The Kier molecular flexibility index (Phi) is 4.63. The van der Waals surface area contributed by atoms with Gasteiger partial charge in [-0.1, -0.05) is 19.9 Å². The second-order valence-electron chi connectivity index (χ2n) is 7.67. The van der Waals surface area contributed by atoms with Gasteiger partial charge in [-0.2, -0.15) is 0 Å². The lowest BCUT2D eigenvalue weighted by atomic mass is 9.75. The number of phenolic OH excluding ortho intramolecular Hbond substituents is 1. The number of phenols is 1. The first-order chi connectivity index (χ1) is 12.6. The zero-order valence-electron chi connectivity index (χ0n) is 15.7. The fourth-order valence-corrected chi connectivity index (χ4v) is 4.45. The van der Waals surface area contributed by atoms with Crippen LogP contribution in [0, 0.1) is 17.8 Å². The molecule has 0 bridgehead atoms. The maximum atomic E-state index is 12.8. The molecule has 4 unspecified atom stereocenters. The minimum absolute atomic E-state index is 0.00826. The van der Waals surface area contributed by atoms with E-state index in [1.807, 2.05) is 13.8 Å². The number of methoxy groups -OCH3 is 1. The Balaban J connectivity index is 2.13. The first kappa shape index (κ1) is 19.2. The molecule has 2 heterocycles. The van der Waals surface area contributed by atoms with Crippen LogP contribution in [0.15, 0.2) is 18.2 Å². The number of hydrogen-bond donors (Lipinski definition) is 3. The molecule has 1 aromatic rings. The average Bonchev–Trinajstić information content (AvgIpc) is 3.05. The van der Waals surface area contributed by atoms with Crippen LogP contribution in [-0.2, 0) is 14.4 Å². The summed E-state index contributed by atoms with van der Waals surface area (Å²) in [5, 5.41) is 23.2. The highest BCUT2D eigenvalue weighted by Crippen LogP contribution is 2.51. The predicted octanol–water partition coefficient (Wildman–Crippen LogP) is 1.15. The highest BCUT2D eigenvalue weighted by Gasteiger charge is 2.67. The minimum Gasteiger partial charge on any atom is -0.504 e. The van der Waals surface area contributed by atoms with E-state index in [1.54, 1.807) is 12.1 Å². The quantitative estimate of drug-likeness (QED) is 0.660. The van der Waals surface area contributed by atoms with Gasteiger partial charge in [-0.3, -0.25) is 24.6 Å². The van der Waals surface area contributed by atoms with E-state index in [4.69, 9.17) is 4.74 Å². The normalized spacial score (nSPS) is 30.1. The van der Waals surface area contributed by atoms with Gasteiger partial charge in [-0.05, 0) is 30.0 Å². The summed E-state index contributed by atoms with van der Waals surface area (Å²) in [6.45, 7) is 3.75. The van der Waals surface area contributed by atoms with Gasteiger partial charge in [0.2, 0.25) is 11.8 Å². The van der Waals surface area contributed by atoms with E-state index in [2.05, 4.69) is 5.32 Å². The fourth-order valence-electron chi connectivity index (χ4n) is 4.45. The number of carboxylic acid groups (broad SMARTS) is 1. The molecular weight excluding hydrogens is 352 g/mol. The molecule has 0 aromatic heterocycles. The molecule has 1 aromatic carbocycles. The van der Waals surface area contributed by atoms with Crippen LogP contribution in [0.1, 0.15) is 31.9 Å². The van der Waals surface area contributed by atoms with Gasteiger partial charge in [0.1, 0.15) is 5.54 Å². The molecule has 146 valence electrons. The molecule has 4 atom stereocenters. The summed E-state index contributed by atoms with van der Waals surface area (Å²) in [6.07, 6.45) is 0.203. The van der Waals surface area contributed by atoms with Gasteiger partial charge >= 0.3 is 5.97 Å². The van der Waals surface area contributed by atoms with E-state index in [1.165, 1.54) is 20.2 Å². The third-order valence-corrected chi connectivity index (χ3v) is 5.55. The SMILES string of the molecule is COc1ccc(C2NC(CC(C)C)(C(=O)O)C3C(=O)N(C)C(=O)C23)cc1O. The number of nitrogens with one attached hydrogen (secondary N) is 1. The number of imide groups is 1. The van der Waals surface area contributed by atoms with Crippen LogP contribution in [0.5, 0.6) is 11.5 Å². The summed E-state index contributed by atoms with van der Waals surface area (Å²) in [5.41, 5.74) is -1.01. The number of carbonyl (C=O) groups is 3. The fraction of sp³-hybridized carbons (Fsp3) is 0.526. The van der Waals surface area contributed by atoms with Gasteiger partial charge in [-0.25, -0.2) is 0 Å². The third-order valence-electron chi connectivity index (χ3n) is 5.55. The lowest BCUT2D eigenvalue weighted by Gasteiger charge is -2.32. The molecular formula is C19H24N2O6. The van der Waals surface area contributed by atoms with Gasteiger partial charge in [-0.15, -0.1) is 0 Å². The van der Waals surface area contributed by atoms with Crippen LogP contribution in [-0.4, -0.2) is 52.6 Å². The maximum absolute atomic E-state index is 12.8. The van der Waals surface area contributed by atoms with Crippen LogP contribution in [0.25, 0.3) is 0 Å². The lowest BCUT2D eigenvalue weighted by Crippen LogP contribution is -2.56. The largest absolute Gasteiger partial charge is 0.504 e. The Hall–Kier alpha value is -2.61. The standard InChI is InChI=1S/C19H24N2O6/c1-9(2)8-19(18(25)26)14-13(16(23)21(3)17(14)24)15(20-19)10-5-6-12(27-4)11(22)7-10/h5-7,9,13-15,20,22H,8H2,1-4H3,(H,25,26). The summed E-state index contributed by atoms with van der Waals surface area (Å²) in [4.78, 5) is 38.9. The number of carbonyl (C=O) groups excluding carboxylic acids is 2. The molecule has 0 aliphatic carbocycles. The van der Waals surface area contributed by atoms with Crippen molar-refractivity contribution in [3.8, 4) is 11.5 Å². The Morgan fingerprint density at radius 3 is 2.52 bits per heavy atom. The van der Waals surface area contributed by atoms with Crippen molar-refractivity contribution in [2.75, 3.05) is 14.2 Å². The van der Waals surface area contributed by atoms with Crippen molar-refractivity contribution < 1.29 is 29.3 Å². The second-order valence-corrected chi connectivity index (χ2v) is 7.67. The zero-order chi connectivity index (χ0) is 20.1. The third kappa shape index (κ3) is 2.75. The van der Waals surface area contributed by atoms with Crippen molar-refractivity contribution >= 4 is 17.8 Å². The van der Waals surface area contributed by atoms with Crippen molar-refractivity contribution in [2.24, 2.45) is 17.8 Å². The number of hydrogen-bond acceptors (Lipinski definition) is 6. The molecule has 3 N–H and O–H groups in total. The molecule has 0 saturated carbocycles. The van der Waals surface area contributed by atoms with E-state index in [9.17, 15) is 24.6 Å². The lowest BCUT2D eigenvalue weighted by molar-refractivity contribution is -0.151. The second kappa shape index (κ2) is 6.53. The number of benzene rings is 1. The van der Waals surface area contributed by atoms with E-state index >= 15 is 0 Å². The number of aromatic hydroxyl groups is 1. The summed E-state index contributed by atoms with van der Waals surface area (Å²) in [5.74, 6) is -3.74. The van der Waals surface area contributed by atoms with Crippen molar-refractivity contribution in [1.29, 1.82) is 0 Å². The van der Waals surface area contributed by atoms with E-state index in [0.717, 1.165) is 4.90 Å². The molecule has 2 amide bonds. The van der Waals surface area contributed by atoms with Crippen LogP contribution >= 0.6 is 0 Å². The number of likely N-dealkylation sites (tertiary alicyclic amines) is 1. The van der Waals surface area contributed by atoms with E-state index in [0.29, 0.717) is 5.56 Å². The molecule has 3 rings (SSSR count). The smallest absolute Gasteiger partial charge is 0.324 e. The van der Waals surface area contributed by atoms with Gasteiger partial charge < -0.3 is 14.9 Å². The molecule has 8 nitrogen and oxygen atoms in total. The monoisotopic (exact) mass is 376 g/mol. The Morgan fingerprint density at radius 2 is 2.00 bits per heavy atom. The van der Waals surface area contributed by atoms with Crippen LogP contribution in [0.3, 0.4) is 0 Å². The zero-order valence-corrected chi connectivity index (χ0v) is 15.7. The first-order valence-electron chi connectivity index (χ1n) is 8.83. The molecule has 27 heavy (non-hydrogen) atoms. The molecule has 0 spiro atoms. The average molecular weight is 376 g/mol. The Bertz CT molecular complexity index is 807. The highest BCUT2D eigenvalue weighted by atomic mass is 16.5. The Labute approximate surface area is 157 Å². The Morgan fingerprint density at radius 1 is 1.33 bits per heavy atom. The molecule has 2 saturated heterocycles. The van der Waals surface area contributed by atoms with Crippen LogP contribution in [0.4, 0.5) is 0 Å². The van der Waals surface area contributed by atoms with E-state index < -0.39 is 41.2 Å². The maximum Gasteiger partial charge on any atom is 0.324 e. The van der Waals surface area contributed by atoms with Crippen LogP contribution < -0.4 is 10.1 Å². The number of rotatable bonds is 5. The number of carboxylic acids is 1. The van der Waals surface area contributed by atoms with Gasteiger partial charge in [0.25, 0.3) is 0 Å². The number of amides is 2. The topological polar surface area (TPSA) is 116 Å². The minimum atomic E-state index is -1.55. The van der Waals surface area contributed by atoms with Crippen molar-refractivity contribution in [1.82, 2.24) is 10.2 Å². The van der Waals surface area contributed by atoms with Gasteiger partial charge in [0.15, 0.2) is 11.5 Å². The summed E-state index contributed by atoms with van der Waals surface area (Å²) in [6, 6.07) is 3.95. The first-order valence-corrected chi connectivity index (χ1v) is 8.83. The molecule has 2 aliphatic rings. The van der Waals surface area contributed by atoms with E-state index in [-0.39, 0.29) is 23.8 Å². The van der Waals surface area contributed by atoms with Gasteiger partial charge in [0.05, 0.1) is 18.9 Å². The number of fused-ring (bicyclic) bond motifs is 1. The highest BCUT2D eigenvalue weighted by molar-refractivity contribution is 6.09. The van der Waals surface area contributed by atoms with Crippen molar-refractivity contribution in [3.63, 3.8) is 0 Å². The van der Waals surface area contributed by atoms with Crippen molar-refractivity contribution in [3.05, 3.63) is 23.8 Å². The van der Waals surface area contributed by atoms with Gasteiger partial charge in [0, 0.05) is 13.1 Å². The summed E-state index contributed by atoms with van der Waals surface area (Å²) < 4.78 is 5.04. The number of aliphatic carboxylic acids is 1. The van der Waals surface area contributed by atoms with Crippen LogP contribution in [0.2, 0.25) is 0 Å². The summed E-state index contributed by atoms with van der Waals surface area (Å²) in [7, 11) is 2.80. The molecule has 0 radical (unpaired) electrons. The molecule has 8 heteroatoms. The summed E-state index contributed by atoms with van der Waals surface area (Å²) >= 11 is 0. The number of nitrogens with zero attached hydrogens (tertiary/aromatic N) is 1.